The molecule has 0 radical (unpaired) electrons. The van der Waals surface area contributed by atoms with E-state index in [-0.39, 0.29) is 11.0 Å². The SMILES string of the molecule is CN(C(=O)c1cccc(-c2cnc3c(c2)C2(CC2)CN3)c1F)c1cnn(C)c1. The quantitative estimate of drug-likeness (QED) is 0.760. The third-order valence-electron chi connectivity index (χ3n) is 5.83. The zero-order valence-corrected chi connectivity index (χ0v) is 15.7. The summed E-state index contributed by atoms with van der Waals surface area (Å²) < 4.78 is 16.9. The molecule has 6 nitrogen and oxygen atoms in total. The van der Waals surface area contributed by atoms with E-state index >= 15 is 4.39 Å². The Morgan fingerprint density at radius 2 is 2.14 bits per heavy atom. The van der Waals surface area contributed by atoms with Crippen molar-refractivity contribution in [3.8, 4) is 11.1 Å². The number of rotatable bonds is 3. The lowest BCUT2D eigenvalue weighted by Gasteiger charge is -2.17. The lowest BCUT2D eigenvalue weighted by atomic mass is 9.96. The van der Waals surface area contributed by atoms with Crippen LogP contribution in [0.3, 0.4) is 0 Å². The van der Waals surface area contributed by atoms with Crippen LogP contribution < -0.4 is 10.2 Å². The minimum Gasteiger partial charge on any atom is -0.369 e. The van der Waals surface area contributed by atoms with Gasteiger partial charge in [0.15, 0.2) is 0 Å². The number of nitrogens with zero attached hydrogens (tertiary/aromatic N) is 4. The van der Waals surface area contributed by atoms with Gasteiger partial charge in [-0.1, -0.05) is 12.1 Å². The Hall–Kier alpha value is -3.22. The van der Waals surface area contributed by atoms with E-state index in [9.17, 15) is 4.79 Å². The normalized spacial score (nSPS) is 16.0. The number of anilines is 2. The maximum atomic E-state index is 15.3. The van der Waals surface area contributed by atoms with Gasteiger partial charge in [-0.2, -0.15) is 5.10 Å². The molecule has 1 amide bonds. The molecule has 1 aliphatic heterocycles. The molecule has 0 bridgehead atoms. The molecule has 1 saturated carbocycles. The maximum absolute atomic E-state index is 15.3. The smallest absolute Gasteiger partial charge is 0.261 e. The molecule has 28 heavy (non-hydrogen) atoms. The number of amides is 1. The molecule has 7 heteroatoms. The number of halogens is 1. The van der Waals surface area contributed by atoms with Gasteiger partial charge in [-0.25, -0.2) is 9.37 Å². The first-order valence-electron chi connectivity index (χ1n) is 9.28. The summed E-state index contributed by atoms with van der Waals surface area (Å²) in [7, 11) is 3.39. The number of pyridine rings is 1. The second kappa shape index (κ2) is 5.89. The van der Waals surface area contributed by atoms with E-state index in [0.717, 1.165) is 30.8 Å². The Kier molecular flexibility index (Phi) is 3.56. The van der Waals surface area contributed by atoms with Gasteiger partial charge in [0.1, 0.15) is 11.6 Å². The zero-order valence-electron chi connectivity index (χ0n) is 15.7. The van der Waals surface area contributed by atoms with Gasteiger partial charge in [-0.05, 0) is 25.0 Å². The maximum Gasteiger partial charge on any atom is 0.261 e. The molecule has 1 spiro atoms. The number of fused-ring (bicyclic) bond motifs is 2. The summed E-state index contributed by atoms with van der Waals surface area (Å²) in [5.41, 5.74) is 3.06. The van der Waals surface area contributed by atoms with Gasteiger partial charge in [-0.3, -0.25) is 9.48 Å². The molecule has 5 rings (SSSR count). The summed E-state index contributed by atoms with van der Waals surface area (Å²) in [6.45, 7) is 0.899. The molecule has 2 aliphatic rings. The highest BCUT2D eigenvalue weighted by Gasteiger charge is 2.49. The second-order valence-electron chi connectivity index (χ2n) is 7.66. The molecular weight excluding hydrogens is 357 g/mol. The fourth-order valence-corrected chi connectivity index (χ4v) is 3.90. The zero-order chi connectivity index (χ0) is 19.5. The van der Waals surface area contributed by atoms with E-state index in [4.69, 9.17) is 0 Å². The first-order chi connectivity index (χ1) is 13.5. The first kappa shape index (κ1) is 16.9. The molecule has 0 saturated heterocycles. The number of carbonyl (C=O) groups excluding carboxylic acids is 1. The van der Waals surface area contributed by atoms with Crippen LogP contribution in [0.5, 0.6) is 0 Å². The highest BCUT2D eigenvalue weighted by atomic mass is 19.1. The van der Waals surface area contributed by atoms with Crippen molar-refractivity contribution < 1.29 is 9.18 Å². The summed E-state index contributed by atoms with van der Waals surface area (Å²) in [5, 5.41) is 7.41. The average molecular weight is 377 g/mol. The van der Waals surface area contributed by atoms with Crippen molar-refractivity contribution in [1.82, 2.24) is 14.8 Å². The van der Waals surface area contributed by atoms with Crippen LogP contribution >= 0.6 is 0 Å². The van der Waals surface area contributed by atoms with Crippen molar-refractivity contribution >= 4 is 17.4 Å². The summed E-state index contributed by atoms with van der Waals surface area (Å²) in [5.74, 6) is -0.0483. The molecule has 0 unspecified atom stereocenters. The predicted octanol–water partition coefficient (Wildman–Crippen LogP) is 3.35. The van der Waals surface area contributed by atoms with Crippen LogP contribution in [0.2, 0.25) is 0 Å². The molecule has 1 aromatic carbocycles. The first-order valence-corrected chi connectivity index (χ1v) is 9.28. The third kappa shape index (κ3) is 2.50. The third-order valence-corrected chi connectivity index (χ3v) is 5.83. The number of nitrogens with one attached hydrogen (secondary N) is 1. The summed E-state index contributed by atoms with van der Waals surface area (Å²) in [6.07, 6.45) is 7.23. The molecule has 3 aromatic rings. The monoisotopic (exact) mass is 377 g/mol. The topological polar surface area (TPSA) is 63.1 Å². The molecular formula is C21H20FN5O. The number of hydrogen-bond donors (Lipinski definition) is 1. The van der Waals surface area contributed by atoms with Gasteiger partial charge in [-0.15, -0.1) is 0 Å². The number of benzene rings is 1. The van der Waals surface area contributed by atoms with Crippen LogP contribution in [0.15, 0.2) is 42.9 Å². The largest absolute Gasteiger partial charge is 0.369 e. The van der Waals surface area contributed by atoms with Crippen molar-refractivity contribution in [3.05, 3.63) is 59.8 Å². The highest BCUT2D eigenvalue weighted by molar-refractivity contribution is 6.06. The van der Waals surface area contributed by atoms with Gasteiger partial charge in [0.2, 0.25) is 0 Å². The number of aromatic nitrogens is 3. The van der Waals surface area contributed by atoms with Crippen LogP contribution in [0.4, 0.5) is 15.9 Å². The second-order valence-corrected chi connectivity index (χ2v) is 7.66. The van der Waals surface area contributed by atoms with E-state index in [1.54, 1.807) is 49.5 Å². The Morgan fingerprint density at radius 3 is 2.86 bits per heavy atom. The lowest BCUT2D eigenvalue weighted by molar-refractivity contribution is 0.0989. The van der Waals surface area contributed by atoms with Crippen molar-refractivity contribution in [2.75, 3.05) is 23.8 Å². The molecule has 1 aliphatic carbocycles. The summed E-state index contributed by atoms with van der Waals surface area (Å²) >= 11 is 0. The average Bonchev–Trinajstić information content (AvgIpc) is 3.23. The van der Waals surface area contributed by atoms with Crippen molar-refractivity contribution in [3.63, 3.8) is 0 Å². The van der Waals surface area contributed by atoms with Crippen LogP contribution in [0, 0.1) is 5.82 Å². The summed E-state index contributed by atoms with van der Waals surface area (Å²) in [6, 6.07) is 6.94. The van der Waals surface area contributed by atoms with Gasteiger partial charge in [0.05, 0.1) is 17.4 Å². The standard InChI is InChI=1S/C21H20FN5O/c1-26-11-14(10-25-26)27(2)20(28)16-5-3-4-15(18(16)22)13-8-17-19(23-9-13)24-12-21(17)6-7-21/h3-5,8-11H,6-7,12H2,1-2H3,(H,23,24). The fraction of sp³-hybridized carbons (Fsp3) is 0.286. The Balaban J connectivity index is 1.52. The summed E-state index contributed by atoms with van der Waals surface area (Å²) in [4.78, 5) is 18.8. The number of aryl methyl sites for hydroxylation is 1. The fourth-order valence-electron chi connectivity index (χ4n) is 3.90. The van der Waals surface area contributed by atoms with Crippen LogP contribution in [0.1, 0.15) is 28.8 Å². The highest BCUT2D eigenvalue weighted by Crippen LogP contribution is 2.54. The van der Waals surface area contributed by atoms with Gasteiger partial charge in [0.25, 0.3) is 5.91 Å². The molecule has 142 valence electrons. The van der Waals surface area contributed by atoms with Gasteiger partial charge >= 0.3 is 0 Å². The number of carbonyl (C=O) groups is 1. The molecule has 2 aromatic heterocycles. The van der Waals surface area contributed by atoms with Gasteiger partial charge < -0.3 is 10.2 Å². The van der Waals surface area contributed by atoms with E-state index in [1.165, 1.54) is 11.0 Å². The predicted molar refractivity (Wildman–Crippen MR) is 105 cm³/mol. The minimum absolute atomic E-state index is 0.0311. The van der Waals surface area contributed by atoms with Crippen LogP contribution in [0.25, 0.3) is 11.1 Å². The lowest BCUT2D eigenvalue weighted by Crippen LogP contribution is -2.27. The van der Waals surface area contributed by atoms with E-state index in [1.807, 2.05) is 6.07 Å². The molecule has 1 fully saturated rings. The van der Waals surface area contributed by atoms with E-state index in [2.05, 4.69) is 15.4 Å². The van der Waals surface area contributed by atoms with E-state index in [0.29, 0.717) is 16.8 Å². The number of hydrogen-bond acceptors (Lipinski definition) is 4. The Labute approximate surface area is 162 Å². The van der Waals surface area contributed by atoms with Crippen molar-refractivity contribution in [1.29, 1.82) is 0 Å². The van der Waals surface area contributed by atoms with Gasteiger partial charge in [0, 0.05) is 55.1 Å². The van der Waals surface area contributed by atoms with E-state index < -0.39 is 11.7 Å². The van der Waals surface area contributed by atoms with Crippen molar-refractivity contribution in [2.24, 2.45) is 7.05 Å². The van der Waals surface area contributed by atoms with Crippen LogP contribution in [-0.4, -0.2) is 34.3 Å². The minimum atomic E-state index is -0.527. The molecule has 1 N–H and O–H groups in total. The van der Waals surface area contributed by atoms with Crippen LogP contribution in [-0.2, 0) is 12.5 Å². The Bertz CT molecular complexity index is 1100. The molecule has 3 heterocycles. The Morgan fingerprint density at radius 1 is 1.32 bits per heavy atom. The molecule has 0 atom stereocenters. The van der Waals surface area contributed by atoms with Crippen molar-refractivity contribution in [2.45, 2.75) is 18.3 Å².